The molecule has 1 heteroatoms. The van der Waals surface area contributed by atoms with Crippen LogP contribution in [-0.4, -0.2) is 13.2 Å². The number of rotatable bonds is 20. The lowest BCUT2D eigenvalue weighted by atomic mass is 10.0. The van der Waals surface area contributed by atoms with E-state index >= 15 is 0 Å². The van der Waals surface area contributed by atoms with E-state index in [4.69, 9.17) is 4.74 Å². The Morgan fingerprint density at radius 3 is 1.63 bits per heavy atom. The monoisotopic (exact) mass is 373 g/mol. The highest BCUT2D eigenvalue weighted by Crippen LogP contribution is 2.13. The van der Waals surface area contributed by atoms with Gasteiger partial charge in [0, 0.05) is 6.61 Å². The Bertz CT molecular complexity index is 386. The second-order valence-corrected chi connectivity index (χ2v) is 8.05. The summed E-state index contributed by atoms with van der Waals surface area (Å²) >= 11 is 0. The smallest absolute Gasteiger partial charge is 0.0506 e. The van der Waals surface area contributed by atoms with Crippen molar-refractivity contribution < 1.29 is 4.74 Å². The molecule has 0 fully saturated rings. The molecular formula is C26H45O. The topological polar surface area (TPSA) is 9.23 Å². The Morgan fingerprint density at radius 1 is 0.630 bits per heavy atom. The number of benzene rings is 1. The van der Waals surface area contributed by atoms with Gasteiger partial charge in [-0.25, -0.2) is 0 Å². The van der Waals surface area contributed by atoms with E-state index in [2.05, 4.69) is 25.1 Å². The second kappa shape index (κ2) is 19.9. The molecule has 0 heterocycles. The first kappa shape index (κ1) is 24.2. The second-order valence-electron chi connectivity index (χ2n) is 8.05. The maximum atomic E-state index is 5.74. The molecule has 1 aromatic carbocycles. The first-order valence-electron chi connectivity index (χ1n) is 12.0. The molecule has 0 spiro atoms. The Balaban J connectivity index is 1.67. The third kappa shape index (κ3) is 17.0. The summed E-state index contributed by atoms with van der Waals surface area (Å²) in [6, 6.07) is 11.4. The summed E-state index contributed by atoms with van der Waals surface area (Å²) in [4.78, 5) is 0. The van der Waals surface area contributed by atoms with E-state index in [0.29, 0.717) is 0 Å². The molecule has 0 amide bonds. The van der Waals surface area contributed by atoms with Gasteiger partial charge in [-0.15, -0.1) is 0 Å². The highest BCUT2D eigenvalue weighted by molar-refractivity contribution is 5.12. The first-order valence-corrected chi connectivity index (χ1v) is 12.0. The summed E-state index contributed by atoms with van der Waals surface area (Å²) in [7, 11) is 0. The van der Waals surface area contributed by atoms with Gasteiger partial charge in [0.1, 0.15) is 0 Å². The molecule has 0 aliphatic carbocycles. The van der Waals surface area contributed by atoms with E-state index in [9.17, 15) is 0 Å². The van der Waals surface area contributed by atoms with E-state index in [-0.39, 0.29) is 0 Å². The van der Waals surface area contributed by atoms with Crippen LogP contribution in [0.5, 0.6) is 0 Å². The fraction of sp³-hybridized carbons (Fsp3) is 0.769. The highest BCUT2D eigenvalue weighted by atomic mass is 16.5. The summed E-state index contributed by atoms with van der Waals surface area (Å²) in [5, 5.41) is 0. The highest BCUT2D eigenvalue weighted by Gasteiger charge is 1.96. The predicted octanol–water partition coefficient (Wildman–Crippen LogP) is 8.31. The maximum absolute atomic E-state index is 5.74. The maximum Gasteiger partial charge on any atom is 0.0506 e. The molecule has 0 atom stereocenters. The van der Waals surface area contributed by atoms with Crippen LogP contribution in [0.3, 0.4) is 0 Å². The molecule has 1 nitrogen and oxygen atoms in total. The van der Waals surface area contributed by atoms with E-state index in [1.165, 1.54) is 108 Å². The molecular weight excluding hydrogens is 328 g/mol. The number of unbranched alkanes of at least 4 members (excludes halogenated alkanes) is 15. The Labute approximate surface area is 170 Å². The van der Waals surface area contributed by atoms with Gasteiger partial charge in [-0.1, -0.05) is 128 Å². The molecule has 0 saturated heterocycles. The third-order valence-corrected chi connectivity index (χ3v) is 5.43. The van der Waals surface area contributed by atoms with Crippen molar-refractivity contribution in [2.24, 2.45) is 0 Å². The SMILES string of the molecule is CCCCCCCCCCCCCCCCCCOCCc1[c]cccc1. The van der Waals surface area contributed by atoms with Gasteiger partial charge >= 0.3 is 0 Å². The van der Waals surface area contributed by atoms with Gasteiger partial charge in [-0.05, 0) is 24.5 Å². The van der Waals surface area contributed by atoms with Crippen LogP contribution >= 0.6 is 0 Å². The van der Waals surface area contributed by atoms with Crippen LogP contribution in [0.25, 0.3) is 0 Å². The van der Waals surface area contributed by atoms with Gasteiger partial charge in [-0.3, -0.25) is 0 Å². The van der Waals surface area contributed by atoms with Crippen LogP contribution in [-0.2, 0) is 11.2 Å². The lowest BCUT2D eigenvalue weighted by Gasteiger charge is -2.05. The normalized spacial score (nSPS) is 11.1. The van der Waals surface area contributed by atoms with Gasteiger partial charge in [-0.2, -0.15) is 0 Å². The lowest BCUT2D eigenvalue weighted by molar-refractivity contribution is 0.132. The zero-order valence-electron chi connectivity index (χ0n) is 18.2. The summed E-state index contributed by atoms with van der Waals surface area (Å²) in [5.74, 6) is 0. The number of hydrogen-bond donors (Lipinski definition) is 0. The molecule has 1 aromatic rings. The Hall–Kier alpha value is -0.820. The van der Waals surface area contributed by atoms with Crippen LogP contribution in [0.1, 0.15) is 115 Å². The molecule has 0 aliphatic heterocycles. The minimum absolute atomic E-state index is 0.833. The molecule has 27 heavy (non-hydrogen) atoms. The molecule has 0 unspecified atom stereocenters. The fourth-order valence-corrected chi connectivity index (χ4v) is 3.62. The molecule has 1 rings (SSSR count). The predicted molar refractivity (Wildman–Crippen MR) is 119 cm³/mol. The molecule has 0 saturated carbocycles. The molecule has 1 radical (unpaired) electrons. The van der Waals surface area contributed by atoms with Crippen LogP contribution in [0.4, 0.5) is 0 Å². The number of hydrogen-bond acceptors (Lipinski definition) is 1. The largest absolute Gasteiger partial charge is 0.381 e. The van der Waals surface area contributed by atoms with Crippen molar-refractivity contribution in [1.82, 2.24) is 0 Å². The minimum Gasteiger partial charge on any atom is -0.381 e. The van der Waals surface area contributed by atoms with Gasteiger partial charge < -0.3 is 4.74 Å². The van der Waals surface area contributed by atoms with Crippen molar-refractivity contribution in [3.63, 3.8) is 0 Å². The molecule has 0 aliphatic rings. The summed E-state index contributed by atoms with van der Waals surface area (Å²) in [6.07, 6.45) is 23.7. The summed E-state index contributed by atoms with van der Waals surface area (Å²) in [6.45, 7) is 4.05. The van der Waals surface area contributed by atoms with Gasteiger partial charge in [0.2, 0.25) is 0 Å². The van der Waals surface area contributed by atoms with Crippen LogP contribution in [0.15, 0.2) is 24.3 Å². The summed E-state index contributed by atoms with van der Waals surface area (Å²) in [5.41, 5.74) is 1.25. The average molecular weight is 374 g/mol. The van der Waals surface area contributed by atoms with Gasteiger partial charge in [0.05, 0.1) is 6.61 Å². The molecule has 0 aromatic heterocycles. The third-order valence-electron chi connectivity index (χ3n) is 5.43. The van der Waals surface area contributed by atoms with E-state index < -0.39 is 0 Å². The lowest BCUT2D eigenvalue weighted by Crippen LogP contribution is -2.00. The quantitative estimate of drug-likeness (QED) is 0.209. The molecule has 0 N–H and O–H groups in total. The zero-order valence-corrected chi connectivity index (χ0v) is 18.2. The van der Waals surface area contributed by atoms with E-state index in [1.807, 2.05) is 12.1 Å². The van der Waals surface area contributed by atoms with Crippen molar-refractivity contribution >= 4 is 0 Å². The minimum atomic E-state index is 0.833. The van der Waals surface area contributed by atoms with Crippen molar-refractivity contribution in [1.29, 1.82) is 0 Å². The first-order chi connectivity index (χ1) is 13.4. The standard InChI is InChI=1S/C26H45O/c1-2-3-4-5-6-7-8-9-10-11-12-13-14-15-16-20-24-27-25-23-26-21-18-17-19-22-26/h17-19,21H,2-16,20,23-25H2,1H3. The average Bonchev–Trinajstić information content (AvgIpc) is 2.70. The van der Waals surface area contributed by atoms with Crippen molar-refractivity contribution in [2.45, 2.75) is 116 Å². The van der Waals surface area contributed by atoms with Crippen molar-refractivity contribution in [3.8, 4) is 0 Å². The van der Waals surface area contributed by atoms with Gasteiger partial charge in [0.25, 0.3) is 0 Å². The number of ether oxygens (including phenoxy) is 1. The van der Waals surface area contributed by atoms with E-state index in [0.717, 1.165) is 19.6 Å². The van der Waals surface area contributed by atoms with Crippen LogP contribution in [0, 0.1) is 6.07 Å². The Morgan fingerprint density at radius 2 is 1.15 bits per heavy atom. The van der Waals surface area contributed by atoms with Crippen molar-refractivity contribution in [2.75, 3.05) is 13.2 Å². The fourth-order valence-electron chi connectivity index (χ4n) is 3.62. The molecule has 0 bridgehead atoms. The van der Waals surface area contributed by atoms with E-state index in [1.54, 1.807) is 0 Å². The van der Waals surface area contributed by atoms with Crippen LogP contribution < -0.4 is 0 Å². The van der Waals surface area contributed by atoms with Crippen molar-refractivity contribution in [3.05, 3.63) is 35.9 Å². The Kier molecular flexibility index (Phi) is 17.9. The summed E-state index contributed by atoms with van der Waals surface area (Å²) < 4.78 is 5.74. The zero-order chi connectivity index (χ0) is 19.3. The van der Waals surface area contributed by atoms with Gasteiger partial charge in [0.15, 0.2) is 0 Å². The molecule has 155 valence electrons. The van der Waals surface area contributed by atoms with Crippen LogP contribution in [0.2, 0.25) is 0 Å².